The monoisotopic (exact) mass is 340 g/mol. The SMILES string of the molecule is CC(=O)C(C(C)=O)C1c2ccccc2C(=C(C#N)C#N)c2ccccc21. The van der Waals surface area contributed by atoms with Crippen LogP contribution in [-0.4, -0.2) is 11.6 Å². The zero-order chi connectivity index (χ0) is 18.8. The van der Waals surface area contributed by atoms with Crippen LogP contribution in [0.5, 0.6) is 0 Å². The van der Waals surface area contributed by atoms with Gasteiger partial charge in [-0.2, -0.15) is 10.5 Å². The van der Waals surface area contributed by atoms with Crippen LogP contribution in [0, 0.1) is 28.6 Å². The lowest BCUT2D eigenvalue weighted by Gasteiger charge is -2.33. The molecule has 0 fully saturated rings. The van der Waals surface area contributed by atoms with Crippen LogP contribution in [0.2, 0.25) is 0 Å². The van der Waals surface area contributed by atoms with Gasteiger partial charge >= 0.3 is 0 Å². The van der Waals surface area contributed by atoms with Crippen molar-refractivity contribution in [3.8, 4) is 12.1 Å². The average molecular weight is 340 g/mol. The van der Waals surface area contributed by atoms with Crippen molar-refractivity contribution in [1.29, 1.82) is 10.5 Å². The van der Waals surface area contributed by atoms with Gasteiger partial charge in [-0.3, -0.25) is 9.59 Å². The number of hydrogen-bond donors (Lipinski definition) is 0. The first-order valence-electron chi connectivity index (χ1n) is 8.25. The number of carbonyl (C=O) groups is 2. The van der Waals surface area contributed by atoms with Crippen molar-refractivity contribution < 1.29 is 9.59 Å². The summed E-state index contributed by atoms with van der Waals surface area (Å²) in [6.07, 6.45) is 0. The largest absolute Gasteiger partial charge is 0.299 e. The Morgan fingerprint density at radius 2 is 1.27 bits per heavy atom. The molecule has 4 heteroatoms. The van der Waals surface area contributed by atoms with Crippen molar-refractivity contribution in [3.05, 3.63) is 76.4 Å². The molecule has 0 unspecified atom stereocenters. The van der Waals surface area contributed by atoms with E-state index in [1.54, 1.807) is 0 Å². The minimum Gasteiger partial charge on any atom is -0.299 e. The maximum atomic E-state index is 12.3. The number of carbonyl (C=O) groups excluding carboxylic acids is 2. The topological polar surface area (TPSA) is 81.7 Å². The van der Waals surface area contributed by atoms with Crippen molar-refractivity contribution in [2.45, 2.75) is 19.8 Å². The third kappa shape index (κ3) is 2.62. The Bertz CT molecular complexity index is 955. The molecule has 0 N–H and O–H groups in total. The van der Waals surface area contributed by atoms with Crippen molar-refractivity contribution in [2.75, 3.05) is 0 Å². The molecule has 0 atom stereocenters. The molecule has 0 aromatic heterocycles. The lowest BCUT2D eigenvalue weighted by Crippen LogP contribution is -2.30. The van der Waals surface area contributed by atoms with E-state index in [9.17, 15) is 20.1 Å². The van der Waals surface area contributed by atoms with Crippen LogP contribution in [0.1, 0.15) is 42.0 Å². The van der Waals surface area contributed by atoms with Gasteiger partial charge < -0.3 is 0 Å². The summed E-state index contributed by atoms with van der Waals surface area (Å²) in [5, 5.41) is 18.9. The summed E-state index contributed by atoms with van der Waals surface area (Å²) in [5.74, 6) is -1.62. The van der Waals surface area contributed by atoms with E-state index in [0.29, 0.717) is 5.57 Å². The van der Waals surface area contributed by atoms with Crippen molar-refractivity contribution in [2.24, 2.45) is 5.92 Å². The van der Waals surface area contributed by atoms with Crippen LogP contribution in [-0.2, 0) is 9.59 Å². The van der Waals surface area contributed by atoms with Crippen LogP contribution in [0.3, 0.4) is 0 Å². The number of nitrogens with zero attached hydrogens (tertiary/aromatic N) is 2. The maximum Gasteiger partial charge on any atom is 0.141 e. The highest BCUT2D eigenvalue weighted by molar-refractivity contribution is 6.03. The molecule has 0 bridgehead atoms. The lowest BCUT2D eigenvalue weighted by molar-refractivity contribution is -0.130. The fourth-order valence-corrected chi connectivity index (χ4v) is 3.83. The van der Waals surface area contributed by atoms with Crippen LogP contribution in [0.4, 0.5) is 0 Å². The van der Waals surface area contributed by atoms with Crippen molar-refractivity contribution in [3.63, 3.8) is 0 Å². The second kappa shape index (κ2) is 6.78. The number of benzene rings is 2. The first-order valence-corrected chi connectivity index (χ1v) is 8.25. The summed E-state index contributed by atoms with van der Waals surface area (Å²) in [5.41, 5.74) is 3.61. The van der Waals surface area contributed by atoms with Gasteiger partial charge in [0.15, 0.2) is 0 Å². The van der Waals surface area contributed by atoms with E-state index in [1.165, 1.54) is 13.8 Å². The van der Waals surface area contributed by atoms with Crippen LogP contribution in [0.15, 0.2) is 54.1 Å². The second-order valence-corrected chi connectivity index (χ2v) is 6.32. The molecule has 1 aliphatic carbocycles. The first kappa shape index (κ1) is 17.3. The van der Waals surface area contributed by atoms with E-state index in [1.807, 2.05) is 60.7 Å². The molecule has 126 valence electrons. The Labute approximate surface area is 152 Å². The number of fused-ring (bicyclic) bond motifs is 2. The summed E-state index contributed by atoms with van der Waals surface area (Å²) >= 11 is 0. The molecule has 0 aliphatic heterocycles. The molecule has 0 spiro atoms. The van der Waals surface area contributed by atoms with E-state index >= 15 is 0 Å². The van der Waals surface area contributed by atoms with Gasteiger partial charge in [-0.15, -0.1) is 0 Å². The van der Waals surface area contributed by atoms with E-state index in [4.69, 9.17) is 0 Å². The molecule has 0 amide bonds. The zero-order valence-corrected chi connectivity index (χ0v) is 14.5. The maximum absolute atomic E-state index is 12.3. The molecule has 0 saturated carbocycles. The van der Waals surface area contributed by atoms with Gasteiger partial charge in [0.2, 0.25) is 0 Å². The molecule has 4 nitrogen and oxygen atoms in total. The highest BCUT2D eigenvalue weighted by Crippen LogP contribution is 2.47. The lowest BCUT2D eigenvalue weighted by atomic mass is 9.68. The molecule has 0 heterocycles. The van der Waals surface area contributed by atoms with Crippen LogP contribution < -0.4 is 0 Å². The molecule has 0 saturated heterocycles. The number of nitriles is 2. The molecular formula is C22H16N2O2. The molecule has 0 radical (unpaired) electrons. The standard InChI is InChI=1S/C22H16N2O2/c1-13(25)20(14(2)26)22-18-9-5-3-7-16(18)21(15(11-23)12-24)17-8-4-6-10-19(17)22/h3-10,20,22H,1-2H3. The fraction of sp³-hybridized carbons (Fsp3) is 0.182. The van der Waals surface area contributed by atoms with Gasteiger partial charge in [-0.1, -0.05) is 48.5 Å². The Hall–Kier alpha value is -3.50. The smallest absolute Gasteiger partial charge is 0.141 e. The van der Waals surface area contributed by atoms with Crippen molar-refractivity contribution in [1.82, 2.24) is 0 Å². The highest BCUT2D eigenvalue weighted by Gasteiger charge is 2.39. The minimum atomic E-state index is -0.800. The number of rotatable bonds is 3. The molecule has 2 aromatic rings. The van der Waals surface area contributed by atoms with E-state index in [2.05, 4.69) is 0 Å². The Morgan fingerprint density at radius 3 is 1.65 bits per heavy atom. The van der Waals surface area contributed by atoms with E-state index in [0.717, 1.165) is 22.3 Å². The fourth-order valence-electron chi connectivity index (χ4n) is 3.83. The van der Waals surface area contributed by atoms with E-state index < -0.39 is 11.8 Å². The average Bonchev–Trinajstić information content (AvgIpc) is 2.63. The summed E-state index contributed by atoms with van der Waals surface area (Å²) in [7, 11) is 0. The molecule has 2 aromatic carbocycles. The van der Waals surface area contributed by atoms with Gasteiger partial charge in [-0.25, -0.2) is 0 Å². The molecular weight excluding hydrogens is 324 g/mol. The molecule has 26 heavy (non-hydrogen) atoms. The molecule has 1 aliphatic rings. The third-order valence-corrected chi connectivity index (χ3v) is 4.81. The predicted molar refractivity (Wildman–Crippen MR) is 96.8 cm³/mol. The Balaban J connectivity index is 2.44. The van der Waals surface area contributed by atoms with Gasteiger partial charge in [0.25, 0.3) is 0 Å². The Kier molecular flexibility index (Phi) is 4.52. The quantitative estimate of drug-likeness (QED) is 0.629. The van der Waals surface area contributed by atoms with Gasteiger partial charge in [0, 0.05) is 11.5 Å². The molecule has 3 rings (SSSR count). The number of hydrogen-bond acceptors (Lipinski definition) is 4. The first-order chi connectivity index (χ1) is 12.5. The summed E-state index contributed by atoms with van der Waals surface area (Å²) in [6, 6.07) is 18.7. The third-order valence-electron chi connectivity index (χ3n) is 4.81. The summed E-state index contributed by atoms with van der Waals surface area (Å²) in [4.78, 5) is 24.6. The predicted octanol–water partition coefficient (Wildman–Crippen LogP) is 3.78. The van der Waals surface area contributed by atoms with Gasteiger partial charge in [0.05, 0.1) is 5.92 Å². The summed E-state index contributed by atoms with van der Waals surface area (Å²) in [6.45, 7) is 2.86. The normalized spacial score (nSPS) is 14.7. The second-order valence-electron chi connectivity index (χ2n) is 6.32. The number of ketones is 2. The van der Waals surface area contributed by atoms with Crippen LogP contribution in [0.25, 0.3) is 5.57 Å². The van der Waals surface area contributed by atoms with Crippen molar-refractivity contribution >= 4 is 17.1 Å². The van der Waals surface area contributed by atoms with Gasteiger partial charge in [-0.05, 0) is 36.1 Å². The van der Waals surface area contributed by atoms with Gasteiger partial charge in [0.1, 0.15) is 29.3 Å². The Morgan fingerprint density at radius 1 is 0.846 bits per heavy atom. The van der Waals surface area contributed by atoms with Crippen LogP contribution >= 0.6 is 0 Å². The minimum absolute atomic E-state index is 0.0190. The number of Topliss-reactive ketones (excluding diaryl/α,β-unsaturated/α-hetero) is 2. The number of allylic oxidation sites excluding steroid dienone is 1. The van der Waals surface area contributed by atoms with E-state index in [-0.39, 0.29) is 17.1 Å². The summed E-state index contributed by atoms with van der Waals surface area (Å²) < 4.78 is 0. The highest BCUT2D eigenvalue weighted by atomic mass is 16.1. The zero-order valence-electron chi connectivity index (χ0n) is 14.5.